The molecule has 4 heteroatoms. The Morgan fingerprint density at radius 2 is 2.05 bits per heavy atom. The van der Waals surface area contributed by atoms with Crippen LogP contribution in [0.4, 0.5) is 0 Å². The molecule has 1 saturated heterocycles. The van der Waals surface area contributed by atoms with Gasteiger partial charge in [-0.2, -0.15) is 0 Å². The van der Waals surface area contributed by atoms with E-state index in [1.807, 2.05) is 6.07 Å². The van der Waals surface area contributed by atoms with E-state index in [-0.39, 0.29) is 17.4 Å². The lowest BCUT2D eigenvalue weighted by Gasteiger charge is -2.31. The van der Waals surface area contributed by atoms with Crippen molar-refractivity contribution in [3.05, 3.63) is 35.9 Å². The molecule has 1 aliphatic heterocycles. The number of benzene rings is 1. The summed E-state index contributed by atoms with van der Waals surface area (Å²) in [6, 6.07) is 10.4. The van der Waals surface area contributed by atoms with Crippen LogP contribution in [-0.2, 0) is 14.9 Å². The first-order valence-electron chi connectivity index (χ1n) is 7.95. The van der Waals surface area contributed by atoms with Gasteiger partial charge in [0.2, 0.25) is 5.91 Å². The Balaban J connectivity index is 1.64. The molecule has 1 aliphatic carbocycles. The minimum Gasteiger partial charge on any atom is -0.378 e. The van der Waals surface area contributed by atoms with Crippen LogP contribution in [0, 0.1) is 0 Å². The van der Waals surface area contributed by atoms with Gasteiger partial charge in [-0.3, -0.25) is 4.79 Å². The molecule has 114 valence electrons. The molecule has 21 heavy (non-hydrogen) atoms. The zero-order chi connectivity index (χ0) is 14.5. The molecule has 0 radical (unpaired) electrons. The fourth-order valence-electron chi connectivity index (χ4n) is 3.52. The summed E-state index contributed by atoms with van der Waals surface area (Å²) >= 11 is 0. The summed E-state index contributed by atoms with van der Waals surface area (Å²) in [5.74, 6) is 0.0666. The number of carbonyl (C=O) groups excluding carboxylic acids is 1. The number of ether oxygens (including phenoxy) is 1. The van der Waals surface area contributed by atoms with E-state index in [0.717, 1.165) is 25.9 Å². The van der Waals surface area contributed by atoms with Gasteiger partial charge in [0, 0.05) is 18.5 Å². The van der Waals surface area contributed by atoms with Gasteiger partial charge < -0.3 is 15.4 Å². The molecule has 2 N–H and O–H groups in total. The molecule has 3 rings (SSSR count). The summed E-state index contributed by atoms with van der Waals surface area (Å²) in [5, 5.41) is 6.36. The number of carbonyl (C=O) groups is 1. The van der Waals surface area contributed by atoms with Crippen molar-refractivity contribution < 1.29 is 9.53 Å². The lowest BCUT2D eigenvalue weighted by atomic mass is 9.79. The topological polar surface area (TPSA) is 50.4 Å². The SMILES string of the molecule is O=C(NCC1(c2ccccc2)CCCC1)C1COCCN1. The summed E-state index contributed by atoms with van der Waals surface area (Å²) in [5.41, 5.74) is 1.47. The molecule has 2 aliphatic rings. The van der Waals surface area contributed by atoms with Crippen molar-refractivity contribution in [1.82, 2.24) is 10.6 Å². The predicted octanol–water partition coefficient (Wildman–Crippen LogP) is 1.60. The highest BCUT2D eigenvalue weighted by molar-refractivity contribution is 5.82. The number of morpholine rings is 1. The highest BCUT2D eigenvalue weighted by Gasteiger charge is 2.36. The van der Waals surface area contributed by atoms with Crippen molar-refractivity contribution in [2.75, 3.05) is 26.3 Å². The summed E-state index contributed by atoms with van der Waals surface area (Å²) < 4.78 is 5.36. The van der Waals surface area contributed by atoms with Gasteiger partial charge in [0.15, 0.2) is 0 Å². The first-order valence-corrected chi connectivity index (χ1v) is 7.95. The van der Waals surface area contributed by atoms with Crippen LogP contribution < -0.4 is 10.6 Å². The monoisotopic (exact) mass is 288 g/mol. The van der Waals surface area contributed by atoms with Gasteiger partial charge in [0.25, 0.3) is 0 Å². The number of nitrogens with one attached hydrogen (secondary N) is 2. The Labute approximate surface area is 126 Å². The third-order valence-electron chi connectivity index (χ3n) is 4.79. The smallest absolute Gasteiger partial charge is 0.239 e. The second-order valence-electron chi connectivity index (χ2n) is 6.15. The van der Waals surface area contributed by atoms with E-state index < -0.39 is 0 Å². The Morgan fingerprint density at radius 3 is 2.71 bits per heavy atom. The first-order chi connectivity index (χ1) is 10.3. The minimum absolute atomic E-state index is 0.0666. The van der Waals surface area contributed by atoms with Gasteiger partial charge in [-0.15, -0.1) is 0 Å². The second-order valence-corrected chi connectivity index (χ2v) is 6.15. The van der Waals surface area contributed by atoms with E-state index in [0.29, 0.717) is 13.2 Å². The van der Waals surface area contributed by atoms with Gasteiger partial charge in [-0.25, -0.2) is 0 Å². The number of hydrogen-bond acceptors (Lipinski definition) is 3. The minimum atomic E-state index is -0.201. The largest absolute Gasteiger partial charge is 0.378 e. The van der Waals surface area contributed by atoms with Crippen LogP contribution in [0.1, 0.15) is 31.2 Å². The Hall–Kier alpha value is -1.39. The molecule has 4 nitrogen and oxygen atoms in total. The molecule has 1 unspecified atom stereocenters. The molecule has 0 aromatic heterocycles. The van der Waals surface area contributed by atoms with E-state index in [4.69, 9.17) is 4.74 Å². The van der Waals surface area contributed by atoms with Gasteiger partial charge in [-0.05, 0) is 18.4 Å². The average Bonchev–Trinajstić information content (AvgIpc) is 3.04. The maximum atomic E-state index is 12.3. The van der Waals surface area contributed by atoms with Crippen LogP contribution in [0.5, 0.6) is 0 Å². The average molecular weight is 288 g/mol. The standard InChI is InChI=1S/C17H24N2O2/c20-16(15-12-21-11-10-18-15)19-13-17(8-4-5-9-17)14-6-2-1-3-7-14/h1-3,6-7,15,18H,4-5,8-13H2,(H,19,20). The molecule has 1 atom stereocenters. The Bertz CT molecular complexity index is 463. The van der Waals surface area contributed by atoms with Crippen molar-refractivity contribution in [3.8, 4) is 0 Å². The van der Waals surface area contributed by atoms with Crippen LogP contribution in [0.15, 0.2) is 30.3 Å². The highest BCUT2D eigenvalue weighted by atomic mass is 16.5. The zero-order valence-electron chi connectivity index (χ0n) is 12.4. The predicted molar refractivity (Wildman–Crippen MR) is 82.2 cm³/mol. The molecular formula is C17H24N2O2. The first kappa shape index (κ1) is 14.5. The van der Waals surface area contributed by atoms with Crippen molar-refractivity contribution in [2.24, 2.45) is 0 Å². The lowest BCUT2D eigenvalue weighted by molar-refractivity contribution is -0.126. The third-order valence-corrected chi connectivity index (χ3v) is 4.79. The van der Waals surface area contributed by atoms with Crippen LogP contribution in [-0.4, -0.2) is 38.3 Å². The molecule has 2 fully saturated rings. The second kappa shape index (κ2) is 6.58. The molecule has 1 amide bonds. The number of hydrogen-bond donors (Lipinski definition) is 2. The maximum absolute atomic E-state index is 12.3. The van der Waals surface area contributed by atoms with Crippen molar-refractivity contribution in [2.45, 2.75) is 37.1 Å². The molecule has 1 heterocycles. The normalized spacial score (nSPS) is 24.7. The van der Waals surface area contributed by atoms with Gasteiger partial charge in [-0.1, -0.05) is 43.2 Å². The van der Waals surface area contributed by atoms with Gasteiger partial charge in [0.05, 0.1) is 13.2 Å². The van der Waals surface area contributed by atoms with Crippen molar-refractivity contribution in [3.63, 3.8) is 0 Å². The van der Waals surface area contributed by atoms with E-state index in [1.165, 1.54) is 18.4 Å². The fourth-order valence-corrected chi connectivity index (χ4v) is 3.52. The van der Waals surface area contributed by atoms with Crippen LogP contribution in [0.25, 0.3) is 0 Å². The molecule has 0 spiro atoms. The Morgan fingerprint density at radius 1 is 1.29 bits per heavy atom. The Kier molecular flexibility index (Phi) is 4.56. The number of amides is 1. The lowest BCUT2D eigenvalue weighted by Crippen LogP contribution is -2.53. The zero-order valence-corrected chi connectivity index (χ0v) is 12.4. The summed E-state index contributed by atoms with van der Waals surface area (Å²) in [6.07, 6.45) is 4.81. The van der Waals surface area contributed by atoms with E-state index in [9.17, 15) is 4.79 Å². The molecular weight excluding hydrogens is 264 g/mol. The van der Waals surface area contributed by atoms with E-state index >= 15 is 0 Å². The third kappa shape index (κ3) is 3.27. The summed E-state index contributed by atoms with van der Waals surface area (Å²) in [4.78, 5) is 12.3. The quantitative estimate of drug-likeness (QED) is 0.885. The van der Waals surface area contributed by atoms with E-state index in [1.54, 1.807) is 0 Å². The van der Waals surface area contributed by atoms with E-state index in [2.05, 4.69) is 34.9 Å². The van der Waals surface area contributed by atoms with Crippen LogP contribution in [0.3, 0.4) is 0 Å². The highest BCUT2D eigenvalue weighted by Crippen LogP contribution is 2.40. The van der Waals surface area contributed by atoms with Crippen molar-refractivity contribution in [1.29, 1.82) is 0 Å². The molecule has 1 aromatic rings. The summed E-state index contributed by atoms with van der Waals surface area (Å²) in [6.45, 7) is 2.65. The van der Waals surface area contributed by atoms with Gasteiger partial charge in [0.1, 0.15) is 6.04 Å². The van der Waals surface area contributed by atoms with Gasteiger partial charge >= 0.3 is 0 Å². The molecule has 1 saturated carbocycles. The van der Waals surface area contributed by atoms with Crippen LogP contribution in [0.2, 0.25) is 0 Å². The number of rotatable bonds is 4. The molecule has 1 aromatic carbocycles. The fraction of sp³-hybridized carbons (Fsp3) is 0.588. The summed E-state index contributed by atoms with van der Waals surface area (Å²) in [7, 11) is 0. The maximum Gasteiger partial charge on any atom is 0.239 e. The van der Waals surface area contributed by atoms with Crippen LogP contribution >= 0.6 is 0 Å². The van der Waals surface area contributed by atoms with Crippen molar-refractivity contribution >= 4 is 5.91 Å². The molecule has 0 bridgehead atoms.